The number of fused-ring (bicyclic) bond motifs is 1. The van der Waals surface area contributed by atoms with Crippen molar-refractivity contribution in [2.24, 2.45) is 4.99 Å². The van der Waals surface area contributed by atoms with Crippen molar-refractivity contribution in [1.82, 2.24) is 4.57 Å². The van der Waals surface area contributed by atoms with Gasteiger partial charge in [-0.2, -0.15) is 0 Å². The van der Waals surface area contributed by atoms with Gasteiger partial charge in [0.05, 0.1) is 35.6 Å². The molecule has 4 aromatic carbocycles. The Morgan fingerprint density at radius 1 is 0.978 bits per heavy atom. The number of ether oxygens (including phenoxy) is 3. The third kappa shape index (κ3) is 6.34. The minimum atomic E-state index is -0.780. The van der Waals surface area contributed by atoms with E-state index in [1.165, 1.54) is 11.3 Å². The van der Waals surface area contributed by atoms with Crippen LogP contribution in [0, 0.1) is 0 Å². The third-order valence-corrected chi connectivity index (χ3v) is 8.51. The van der Waals surface area contributed by atoms with E-state index < -0.39 is 12.0 Å². The second kappa shape index (κ2) is 13.4. The number of halogens is 1. The van der Waals surface area contributed by atoms with Crippen LogP contribution in [0.15, 0.2) is 118 Å². The van der Waals surface area contributed by atoms with Crippen LogP contribution in [-0.4, -0.2) is 24.3 Å². The Hall–Kier alpha value is -4.92. The van der Waals surface area contributed by atoms with Crippen molar-refractivity contribution in [3.63, 3.8) is 0 Å². The first kappa shape index (κ1) is 30.1. The third-order valence-electron chi connectivity index (χ3n) is 7.29. The Morgan fingerprint density at radius 3 is 2.47 bits per heavy atom. The minimum Gasteiger partial charge on any atom is -0.497 e. The number of rotatable bonds is 9. The summed E-state index contributed by atoms with van der Waals surface area (Å²) in [5.74, 6) is 0.743. The first-order valence-electron chi connectivity index (χ1n) is 14.4. The fourth-order valence-electron chi connectivity index (χ4n) is 5.20. The Morgan fingerprint density at radius 2 is 1.73 bits per heavy atom. The lowest BCUT2D eigenvalue weighted by atomic mass is 9.93. The molecular formula is C36H29ClN2O5S. The molecule has 0 bridgehead atoms. The summed E-state index contributed by atoms with van der Waals surface area (Å²) >= 11 is 7.41. The van der Waals surface area contributed by atoms with Crippen LogP contribution in [0.4, 0.5) is 0 Å². The molecule has 1 aliphatic heterocycles. The van der Waals surface area contributed by atoms with E-state index in [0.29, 0.717) is 38.2 Å². The molecule has 0 saturated heterocycles. The minimum absolute atomic E-state index is 0.177. The molecule has 0 N–H and O–H groups in total. The van der Waals surface area contributed by atoms with Gasteiger partial charge in [0.1, 0.15) is 18.1 Å². The maximum Gasteiger partial charge on any atom is 0.338 e. The highest BCUT2D eigenvalue weighted by atomic mass is 35.5. The molecule has 6 rings (SSSR count). The van der Waals surface area contributed by atoms with Crippen molar-refractivity contribution in [2.45, 2.75) is 19.6 Å². The average Bonchev–Trinajstić information content (AvgIpc) is 3.38. The van der Waals surface area contributed by atoms with Crippen LogP contribution < -0.4 is 24.4 Å². The molecule has 0 aliphatic carbocycles. The number of carbonyl (C=O) groups is 1. The van der Waals surface area contributed by atoms with Gasteiger partial charge in [-0.05, 0) is 54.5 Å². The average molecular weight is 637 g/mol. The summed E-state index contributed by atoms with van der Waals surface area (Å²) in [5.41, 5.74) is 3.61. The van der Waals surface area contributed by atoms with Crippen LogP contribution in [0.25, 0.3) is 11.8 Å². The summed E-state index contributed by atoms with van der Waals surface area (Å²) in [6.45, 7) is 2.24. The number of nitrogens with zero attached hydrogens (tertiary/aromatic N) is 2. The van der Waals surface area contributed by atoms with Gasteiger partial charge in [0, 0.05) is 16.1 Å². The molecule has 9 heteroatoms. The monoisotopic (exact) mass is 636 g/mol. The van der Waals surface area contributed by atoms with Crippen molar-refractivity contribution < 1.29 is 19.0 Å². The highest BCUT2D eigenvalue weighted by Gasteiger charge is 2.35. The Bertz CT molecular complexity index is 2070. The van der Waals surface area contributed by atoms with Crippen molar-refractivity contribution in [3.05, 3.63) is 156 Å². The molecule has 2 heterocycles. The zero-order valence-electron chi connectivity index (χ0n) is 24.6. The van der Waals surface area contributed by atoms with Gasteiger partial charge in [-0.25, -0.2) is 9.79 Å². The van der Waals surface area contributed by atoms with Crippen molar-refractivity contribution in [1.29, 1.82) is 0 Å². The molecule has 0 unspecified atom stereocenters. The fourth-order valence-corrected chi connectivity index (χ4v) is 6.41. The predicted molar refractivity (Wildman–Crippen MR) is 176 cm³/mol. The number of benzene rings is 4. The first-order valence-corrected chi connectivity index (χ1v) is 15.5. The Labute approximate surface area is 268 Å². The van der Waals surface area contributed by atoms with Crippen molar-refractivity contribution in [3.8, 4) is 11.5 Å². The van der Waals surface area contributed by atoms with E-state index >= 15 is 0 Å². The quantitative estimate of drug-likeness (QED) is 0.181. The van der Waals surface area contributed by atoms with Gasteiger partial charge >= 0.3 is 5.97 Å². The summed E-state index contributed by atoms with van der Waals surface area (Å²) in [7, 11) is 1.59. The molecule has 45 heavy (non-hydrogen) atoms. The van der Waals surface area contributed by atoms with Gasteiger partial charge in [-0.15, -0.1) is 0 Å². The molecule has 0 spiro atoms. The molecule has 0 radical (unpaired) electrons. The second-order valence-corrected chi connectivity index (χ2v) is 11.6. The van der Waals surface area contributed by atoms with E-state index in [9.17, 15) is 9.59 Å². The van der Waals surface area contributed by atoms with Crippen LogP contribution >= 0.6 is 22.9 Å². The molecule has 0 fully saturated rings. The highest BCUT2D eigenvalue weighted by Crippen LogP contribution is 2.35. The lowest BCUT2D eigenvalue weighted by Gasteiger charge is -2.26. The molecule has 1 atom stereocenters. The van der Waals surface area contributed by atoms with Gasteiger partial charge < -0.3 is 14.2 Å². The largest absolute Gasteiger partial charge is 0.497 e. The Balaban J connectivity index is 1.52. The standard InChI is InChI=1S/C36H29ClN2O5S/c1-3-43-35(41)31-32(24-11-5-4-6-12-24)38-36-39(33(31)25-16-18-28(42-2)19-17-25)34(40)30(45-36)21-26-13-7-8-15-29(26)44-22-23-10-9-14-27(37)20-23/h4-21,33H,3,22H2,1-2H3/b30-21-/t33-/m0/s1. The number of thiazole rings is 1. The van der Waals surface area contributed by atoms with Crippen molar-refractivity contribution in [2.75, 3.05) is 13.7 Å². The zero-order chi connectivity index (χ0) is 31.3. The fraction of sp³-hybridized carbons (Fsp3) is 0.139. The molecule has 7 nitrogen and oxygen atoms in total. The van der Waals surface area contributed by atoms with Gasteiger partial charge in [-0.3, -0.25) is 9.36 Å². The summed E-state index contributed by atoms with van der Waals surface area (Å²) < 4.78 is 19.1. The SMILES string of the molecule is CCOC(=O)C1=C(c2ccccc2)N=c2s/c(=C\c3ccccc3OCc3cccc(Cl)c3)c(=O)n2[C@H]1c1ccc(OC)cc1. The maximum atomic E-state index is 14.2. The molecule has 0 amide bonds. The van der Waals surface area contributed by atoms with E-state index in [-0.39, 0.29) is 17.7 Å². The number of esters is 1. The van der Waals surface area contributed by atoms with Gasteiger partial charge in [0.2, 0.25) is 0 Å². The van der Waals surface area contributed by atoms with Crippen LogP contribution in [-0.2, 0) is 16.1 Å². The number of aromatic nitrogens is 1. The van der Waals surface area contributed by atoms with Crippen LogP contribution in [0.1, 0.15) is 35.2 Å². The number of para-hydroxylation sites is 1. The summed E-state index contributed by atoms with van der Waals surface area (Å²) in [6.07, 6.45) is 1.80. The van der Waals surface area contributed by atoms with Crippen LogP contribution in [0.2, 0.25) is 5.02 Å². The first-order chi connectivity index (χ1) is 22.0. The summed E-state index contributed by atoms with van der Waals surface area (Å²) in [6, 6.07) is 31.0. The van der Waals surface area contributed by atoms with Crippen molar-refractivity contribution >= 4 is 40.7 Å². The van der Waals surface area contributed by atoms with E-state index in [2.05, 4.69) is 0 Å². The molecule has 0 saturated carbocycles. The lowest BCUT2D eigenvalue weighted by molar-refractivity contribution is -0.138. The van der Waals surface area contributed by atoms with Gasteiger partial charge in [0.25, 0.3) is 5.56 Å². The van der Waals surface area contributed by atoms with E-state index in [0.717, 1.165) is 22.3 Å². The molecule has 1 aliphatic rings. The summed E-state index contributed by atoms with van der Waals surface area (Å²) in [4.78, 5) is 33.3. The van der Waals surface area contributed by atoms with E-state index in [1.54, 1.807) is 24.7 Å². The van der Waals surface area contributed by atoms with Gasteiger partial charge in [-0.1, -0.05) is 95.7 Å². The second-order valence-electron chi connectivity index (χ2n) is 10.2. The molecule has 5 aromatic rings. The molecular weight excluding hydrogens is 608 g/mol. The van der Waals surface area contributed by atoms with E-state index in [1.807, 2.05) is 103 Å². The highest BCUT2D eigenvalue weighted by molar-refractivity contribution is 7.07. The van der Waals surface area contributed by atoms with E-state index in [4.69, 9.17) is 30.8 Å². The number of hydrogen-bond donors (Lipinski definition) is 0. The maximum absolute atomic E-state index is 14.2. The van der Waals surface area contributed by atoms with Gasteiger partial charge in [0.15, 0.2) is 4.80 Å². The number of carbonyl (C=O) groups excluding carboxylic acids is 1. The Kier molecular flexibility index (Phi) is 8.96. The lowest BCUT2D eigenvalue weighted by Crippen LogP contribution is -2.40. The summed E-state index contributed by atoms with van der Waals surface area (Å²) in [5, 5.41) is 0.633. The number of hydrogen-bond acceptors (Lipinski definition) is 7. The van der Waals surface area contributed by atoms with Crippen LogP contribution in [0.3, 0.4) is 0 Å². The van der Waals surface area contributed by atoms with Crippen LogP contribution in [0.5, 0.6) is 11.5 Å². The molecule has 1 aromatic heterocycles. The topological polar surface area (TPSA) is 79.1 Å². The number of methoxy groups -OCH3 is 1. The zero-order valence-corrected chi connectivity index (χ0v) is 26.2. The normalized spacial score (nSPS) is 14.5. The smallest absolute Gasteiger partial charge is 0.338 e. The molecule has 226 valence electrons. The predicted octanol–water partition coefficient (Wildman–Crippen LogP) is 6.18.